The van der Waals surface area contributed by atoms with Crippen LogP contribution in [0.1, 0.15) is 0 Å². The second-order valence-corrected chi connectivity index (χ2v) is 8.16. The van der Waals surface area contributed by atoms with E-state index in [0.29, 0.717) is 29.5 Å². The van der Waals surface area contributed by atoms with Crippen molar-refractivity contribution in [2.45, 2.75) is 6.10 Å². The lowest BCUT2D eigenvalue weighted by molar-refractivity contribution is 0.127. The molecule has 0 radical (unpaired) electrons. The van der Waals surface area contributed by atoms with Crippen LogP contribution in [0.15, 0.2) is 42.5 Å². The number of benzene rings is 2. The summed E-state index contributed by atoms with van der Waals surface area (Å²) in [5, 5.41) is 1.98. The smallest absolute Gasteiger partial charge is 0.414 e. The average Bonchev–Trinajstić information content (AvgIpc) is 3.13. The Balaban J connectivity index is 1.40. The van der Waals surface area contributed by atoms with Gasteiger partial charge in [-0.3, -0.25) is 4.90 Å². The van der Waals surface area contributed by atoms with Crippen LogP contribution in [0.25, 0.3) is 0 Å². The monoisotopic (exact) mass is 463 g/mol. The van der Waals surface area contributed by atoms with Crippen molar-refractivity contribution in [2.75, 3.05) is 54.0 Å². The Hall–Kier alpha value is -2.62. The fourth-order valence-corrected chi connectivity index (χ4v) is 4.17. The van der Waals surface area contributed by atoms with Gasteiger partial charge in [-0.15, -0.1) is 0 Å². The quantitative estimate of drug-likeness (QED) is 0.400. The fourth-order valence-electron chi connectivity index (χ4n) is 3.90. The van der Waals surface area contributed by atoms with E-state index >= 15 is 0 Å². The van der Waals surface area contributed by atoms with Gasteiger partial charge in [-0.25, -0.2) is 15.0 Å². The van der Waals surface area contributed by atoms with E-state index in [1.165, 1.54) is 21.5 Å². The van der Waals surface area contributed by atoms with Gasteiger partial charge in [-0.2, -0.15) is 0 Å². The Labute approximate surface area is 190 Å². The van der Waals surface area contributed by atoms with Crippen molar-refractivity contribution in [3.8, 4) is 0 Å². The number of ether oxygens (including phenoxy) is 1. The minimum atomic E-state index is -0.523. The first-order chi connectivity index (χ1) is 14.9. The summed E-state index contributed by atoms with van der Waals surface area (Å²) in [6, 6.07) is 12.6. The number of nitrogens with zero attached hydrogens (tertiary/aromatic N) is 4. The summed E-state index contributed by atoms with van der Waals surface area (Å²) in [5.74, 6) is 5.28. The minimum absolute atomic E-state index is 0.281. The molecule has 0 bridgehead atoms. The van der Waals surface area contributed by atoms with Crippen LogP contribution in [0.4, 0.5) is 26.2 Å². The van der Waals surface area contributed by atoms with Crippen LogP contribution in [0.2, 0.25) is 5.02 Å². The summed E-state index contributed by atoms with van der Waals surface area (Å²) in [6.07, 6.45) is -0.955. The number of carbonyl (C=O) groups excluding carboxylic acids is 1. The Bertz CT molecular complexity index is 973. The number of hydrogen-bond acceptors (Lipinski definition) is 6. The highest BCUT2D eigenvalue weighted by Gasteiger charge is 2.33. The lowest BCUT2D eigenvalue weighted by Gasteiger charge is -2.37. The third-order valence-electron chi connectivity index (χ3n) is 5.46. The maximum absolute atomic E-state index is 15.0. The molecule has 0 aliphatic carbocycles. The molecule has 2 aromatic rings. The van der Waals surface area contributed by atoms with E-state index in [9.17, 15) is 9.18 Å². The van der Waals surface area contributed by atoms with Crippen molar-refractivity contribution >= 4 is 52.5 Å². The summed E-state index contributed by atoms with van der Waals surface area (Å²) in [6.45, 7) is 3.45. The van der Waals surface area contributed by atoms with Crippen molar-refractivity contribution in [1.29, 1.82) is 0 Å². The number of hydrazine groups is 1. The van der Waals surface area contributed by atoms with Crippen molar-refractivity contribution in [3.63, 3.8) is 0 Å². The fraction of sp³-hybridized carbons (Fsp3) is 0.333. The van der Waals surface area contributed by atoms with Crippen molar-refractivity contribution in [1.82, 2.24) is 5.01 Å². The molecule has 0 spiro atoms. The van der Waals surface area contributed by atoms with Gasteiger partial charge in [0, 0.05) is 36.9 Å². The molecule has 0 aromatic heterocycles. The number of carbonyl (C=O) groups is 1. The number of thiocarbonyl (C=S) groups is 1. The largest absolute Gasteiger partial charge is 0.442 e. The molecule has 0 saturated carbocycles. The number of cyclic esters (lactones) is 1. The zero-order valence-electron chi connectivity index (χ0n) is 16.8. The topological polar surface area (TPSA) is 65.3 Å². The zero-order chi connectivity index (χ0) is 22.0. The molecule has 0 unspecified atom stereocenters. The molecular formula is C21H23ClFN5O2S. The van der Waals surface area contributed by atoms with Crippen LogP contribution < -0.4 is 20.5 Å². The van der Waals surface area contributed by atoms with E-state index in [1.54, 1.807) is 12.1 Å². The maximum Gasteiger partial charge on any atom is 0.414 e. The summed E-state index contributed by atoms with van der Waals surface area (Å²) < 4.78 is 20.3. The van der Waals surface area contributed by atoms with Crippen LogP contribution in [0.3, 0.4) is 0 Å². The number of amides is 1. The third-order valence-corrected chi connectivity index (χ3v) is 5.97. The number of hydrogen-bond donors (Lipinski definition) is 1. The molecule has 2 aliphatic rings. The number of piperazine rings is 1. The Morgan fingerprint density at radius 2 is 1.90 bits per heavy atom. The molecule has 1 amide bonds. The second-order valence-electron chi connectivity index (χ2n) is 7.51. The molecule has 2 aliphatic heterocycles. The summed E-state index contributed by atoms with van der Waals surface area (Å²) >= 11 is 10.8. The van der Waals surface area contributed by atoms with E-state index in [-0.39, 0.29) is 18.9 Å². The van der Waals surface area contributed by atoms with Gasteiger partial charge in [0.05, 0.1) is 30.0 Å². The molecule has 164 valence electrons. The first kappa shape index (κ1) is 21.6. The molecule has 2 aromatic carbocycles. The van der Waals surface area contributed by atoms with E-state index in [4.69, 9.17) is 34.4 Å². The number of anilines is 3. The summed E-state index contributed by atoms with van der Waals surface area (Å²) in [4.78, 5) is 17.9. The highest BCUT2D eigenvalue weighted by molar-refractivity contribution is 7.78. The average molecular weight is 464 g/mol. The molecule has 10 heteroatoms. The molecule has 31 heavy (non-hydrogen) atoms. The van der Waals surface area contributed by atoms with E-state index in [2.05, 4.69) is 4.90 Å². The lowest BCUT2D eigenvalue weighted by Crippen LogP contribution is -2.46. The number of rotatable bonds is 6. The first-order valence-corrected chi connectivity index (χ1v) is 10.8. The van der Waals surface area contributed by atoms with Crippen molar-refractivity contribution in [2.24, 2.45) is 5.84 Å². The van der Waals surface area contributed by atoms with Gasteiger partial charge < -0.3 is 19.5 Å². The lowest BCUT2D eigenvalue weighted by atomic mass is 10.2. The van der Waals surface area contributed by atoms with Crippen molar-refractivity contribution < 1.29 is 13.9 Å². The zero-order valence-corrected chi connectivity index (χ0v) is 18.4. The normalized spacial score (nSPS) is 18.9. The molecule has 2 fully saturated rings. The van der Waals surface area contributed by atoms with Crippen LogP contribution in [-0.2, 0) is 4.74 Å². The SMILES string of the molecule is NN(C=S)C[C@H]1CN(c2ccc(N3CCN(c4cccc(Cl)c4)CC3)c(F)c2)C(=O)O1. The van der Waals surface area contributed by atoms with Gasteiger partial charge in [0.15, 0.2) is 0 Å². The van der Waals surface area contributed by atoms with Crippen LogP contribution in [0, 0.1) is 5.82 Å². The first-order valence-electron chi connectivity index (χ1n) is 9.94. The van der Waals surface area contributed by atoms with Gasteiger partial charge in [0.1, 0.15) is 11.9 Å². The predicted molar refractivity (Wildman–Crippen MR) is 124 cm³/mol. The molecule has 2 heterocycles. The minimum Gasteiger partial charge on any atom is -0.442 e. The number of nitrogens with two attached hydrogens (primary N) is 1. The molecule has 2 saturated heterocycles. The Kier molecular flexibility index (Phi) is 6.45. The third kappa shape index (κ3) is 4.84. The summed E-state index contributed by atoms with van der Waals surface area (Å²) in [5.41, 5.74) is 3.33. The van der Waals surface area contributed by atoms with Crippen LogP contribution in [0.5, 0.6) is 0 Å². The molecule has 4 rings (SSSR count). The van der Waals surface area contributed by atoms with Crippen molar-refractivity contribution in [3.05, 3.63) is 53.3 Å². The van der Waals surface area contributed by atoms with E-state index < -0.39 is 12.2 Å². The molecule has 1 atom stereocenters. The van der Waals surface area contributed by atoms with Crippen LogP contribution in [-0.4, -0.2) is 62.0 Å². The highest BCUT2D eigenvalue weighted by Crippen LogP contribution is 2.29. The number of halogens is 2. The van der Waals surface area contributed by atoms with Gasteiger partial charge in [-0.05, 0) is 36.4 Å². The van der Waals surface area contributed by atoms with Crippen LogP contribution >= 0.6 is 23.8 Å². The predicted octanol–water partition coefficient (Wildman–Crippen LogP) is 3.26. The van der Waals surface area contributed by atoms with Gasteiger partial charge in [0.2, 0.25) is 0 Å². The molecule has 2 N–H and O–H groups in total. The molecule has 7 nitrogen and oxygen atoms in total. The van der Waals surface area contributed by atoms with Gasteiger partial charge >= 0.3 is 6.09 Å². The van der Waals surface area contributed by atoms with Gasteiger partial charge in [0.25, 0.3) is 0 Å². The van der Waals surface area contributed by atoms with Gasteiger partial charge in [-0.1, -0.05) is 29.9 Å². The second kappa shape index (κ2) is 9.25. The maximum atomic E-state index is 15.0. The molecular weight excluding hydrogens is 441 g/mol. The highest BCUT2D eigenvalue weighted by atomic mass is 35.5. The van der Waals surface area contributed by atoms with E-state index in [0.717, 1.165) is 18.8 Å². The standard InChI is InChI=1S/C21H23ClFN5O2S/c22-15-2-1-3-16(10-15)25-6-8-26(9-7-25)20-5-4-17(11-19(20)23)28-13-18(30-21(28)29)12-27(24)14-31/h1-5,10-11,14,18H,6-9,12-13,24H2/t18-/m0/s1. The van der Waals surface area contributed by atoms with E-state index in [1.807, 2.05) is 29.2 Å². The Morgan fingerprint density at radius 1 is 1.16 bits per heavy atom. The Morgan fingerprint density at radius 3 is 2.58 bits per heavy atom. The summed E-state index contributed by atoms with van der Waals surface area (Å²) in [7, 11) is 0.